The minimum atomic E-state index is -4.55. The number of fused-ring (bicyclic) bond motifs is 1. The van der Waals surface area contributed by atoms with Crippen molar-refractivity contribution in [3.05, 3.63) is 118 Å². The Bertz CT molecular complexity index is 1340. The number of carboxylic acids is 1. The van der Waals surface area contributed by atoms with E-state index in [2.05, 4.69) is 0 Å². The zero-order chi connectivity index (χ0) is 23.8. The van der Waals surface area contributed by atoms with Crippen LogP contribution in [-0.2, 0) is 6.18 Å². The number of ketones is 2. The second kappa shape index (κ2) is 8.35. The normalized spacial score (nSPS) is 11.4. The number of rotatable bonds is 5. The van der Waals surface area contributed by atoms with Crippen molar-refractivity contribution in [3.63, 3.8) is 0 Å². The summed E-state index contributed by atoms with van der Waals surface area (Å²) in [7, 11) is 0. The fourth-order valence-corrected chi connectivity index (χ4v) is 3.60. The molecule has 0 heterocycles. The van der Waals surface area contributed by atoms with E-state index < -0.39 is 23.5 Å². The quantitative estimate of drug-likeness (QED) is 0.382. The van der Waals surface area contributed by atoms with Gasteiger partial charge in [0.25, 0.3) is 0 Å². The monoisotopic (exact) mass is 448 g/mol. The van der Waals surface area contributed by atoms with Gasteiger partial charge in [-0.25, -0.2) is 4.79 Å². The van der Waals surface area contributed by atoms with E-state index in [-0.39, 0.29) is 33.6 Å². The summed E-state index contributed by atoms with van der Waals surface area (Å²) in [5, 5.41) is 9.44. The minimum absolute atomic E-state index is 0.0167. The van der Waals surface area contributed by atoms with Gasteiger partial charge in [-0.15, -0.1) is 0 Å². The molecule has 1 N–H and O–H groups in total. The van der Waals surface area contributed by atoms with Crippen LogP contribution in [0.2, 0.25) is 0 Å². The molecule has 0 aliphatic heterocycles. The fraction of sp³-hybridized carbons (Fsp3) is 0.0385. The summed E-state index contributed by atoms with van der Waals surface area (Å²) in [5.41, 5.74) is 0.177. The third-order valence-corrected chi connectivity index (χ3v) is 5.24. The van der Waals surface area contributed by atoms with E-state index in [0.717, 1.165) is 24.3 Å². The molecule has 4 nitrogen and oxygen atoms in total. The first-order valence-electron chi connectivity index (χ1n) is 9.78. The molecule has 0 saturated heterocycles. The van der Waals surface area contributed by atoms with E-state index in [9.17, 15) is 32.7 Å². The summed E-state index contributed by atoms with van der Waals surface area (Å²) >= 11 is 0. The van der Waals surface area contributed by atoms with Gasteiger partial charge in [-0.05, 0) is 41.5 Å². The van der Waals surface area contributed by atoms with Crippen molar-refractivity contribution in [2.75, 3.05) is 0 Å². The molecule has 2 aliphatic rings. The number of aromatic carboxylic acids is 1. The first-order chi connectivity index (χ1) is 15.7. The van der Waals surface area contributed by atoms with Crippen LogP contribution in [0.15, 0.2) is 84.9 Å². The highest BCUT2D eigenvalue weighted by atomic mass is 19.4. The molecule has 2 aliphatic carbocycles. The highest BCUT2D eigenvalue weighted by Crippen LogP contribution is 2.36. The van der Waals surface area contributed by atoms with Crippen LogP contribution in [0, 0.1) is 0 Å². The van der Waals surface area contributed by atoms with E-state index in [0.29, 0.717) is 11.1 Å². The molecule has 0 fully saturated rings. The number of benzene rings is 2. The molecule has 0 amide bonds. The van der Waals surface area contributed by atoms with E-state index >= 15 is 0 Å². The standard InChI is InChI=1S/C26H15F3O4/c27-26(28,29)18-11-9-16(10-12-18)24(31)22-14-21(23(30)15-5-2-1-3-6-15)19-8-4-7-17(25(32)33)13-20(19)22/h1-14H,(H,32,33). The number of halogens is 3. The van der Waals surface area contributed by atoms with Crippen LogP contribution in [0.1, 0.15) is 47.8 Å². The minimum Gasteiger partial charge on any atom is -0.478 e. The molecule has 4 rings (SSSR count). The number of alkyl halides is 3. The number of carbonyl (C=O) groups excluding carboxylic acids is 2. The van der Waals surface area contributed by atoms with E-state index in [1.165, 1.54) is 24.3 Å². The van der Waals surface area contributed by atoms with Crippen LogP contribution < -0.4 is 0 Å². The van der Waals surface area contributed by atoms with Gasteiger partial charge in [0, 0.05) is 22.3 Å². The Kier molecular flexibility index (Phi) is 5.55. The lowest BCUT2D eigenvalue weighted by Crippen LogP contribution is -2.06. The van der Waals surface area contributed by atoms with Gasteiger partial charge in [0.2, 0.25) is 0 Å². The lowest BCUT2D eigenvalue weighted by Gasteiger charge is -2.07. The van der Waals surface area contributed by atoms with E-state index in [1.54, 1.807) is 36.4 Å². The largest absolute Gasteiger partial charge is 0.478 e. The molecule has 164 valence electrons. The van der Waals surface area contributed by atoms with Crippen molar-refractivity contribution < 1.29 is 32.7 Å². The van der Waals surface area contributed by atoms with Gasteiger partial charge in [-0.3, -0.25) is 9.59 Å². The lowest BCUT2D eigenvalue weighted by atomic mass is 9.98. The first kappa shape index (κ1) is 22.0. The molecule has 0 radical (unpaired) electrons. The van der Waals surface area contributed by atoms with Crippen molar-refractivity contribution in [2.45, 2.75) is 6.18 Å². The summed E-state index contributed by atoms with van der Waals surface area (Å²) in [6, 6.07) is 19.1. The Morgan fingerprint density at radius 2 is 1.15 bits per heavy atom. The smallest absolute Gasteiger partial charge is 0.416 e. The van der Waals surface area contributed by atoms with E-state index in [1.807, 2.05) is 0 Å². The number of carbonyl (C=O) groups is 3. The average Bonchev–Trinajstić information content (AvgIpc) is 3.00. The number of hydrogen-bond donors (Lipinski definition) is 1. The number of carboxylic acid groups (broad SMARTS) is 1. The zero-order valence-corrected chi connectivity index (χ0v) is 16.9. The summed E-state index contributed by atoms with van der Waals surface area (Å²) in [4.78, 5) is 38.0. The molecule has 7 heteroatoms. The SMILES string of the molecule is O=C(O)c1cccc2c(C(=O)c3ccccc3)cc(C(=O)c3ccc(C(F)(F)F)cc3)c-2c1. The molecule has 33 heavy (non-hydrogen) atoms. The highest BCUT2D eigenvalue weighted by molar-refractivity contribution is 6.20. The topological polar surface area (TPSA) is 71.4 Å². The molecule has 0 unspecified atom stereocenters. The Labute approximate surface area is 186 Å². The van der Waals surface area contributed by atoms with Crippen molar-refractivity contribution in [3.8, 4) is 11.1 Å². The molecule has 2 aromatic rings. The van der Waals surface area contributed by atoms with Gasteiger partial charge in [0.05, 0.1) is 11.1 Å². The van der Waals surface area contributed by atoms with Gasteiger partial charge >= 0.3 is 12.1 Å². The summed E-state index contributed by atoms with van der Waals surface area (Å²) in [6.07, 6.45) is -4.55. The van der Waals surface area contributed by atoms with Crippen molar-refractivity contribution in [1.82, 2.24) is 0 Å². The molecule has 2 aromatic carbocycles. The van der Waals surface area contributed by atoms with Crippen molar-refractivity contribution >= 4 is 17.5 Å². The van der Waals surface area contributed by atoms with Gasteiger partial charge in [0.1, 0.15) is 0 Å². The molecule has 0 aromatic heterocycles. The van der Waals surface area contributed by atoms with Gasteiger partial charge in [-0.2, -0.15) is 13.2 Å². The molecule has 0 spiro atoms. The molecule has 0 bridgehead atoms. The van der Waals surface area contributed by atoms with Crippen molar-refractivity contribution in [1.29, 1.82) is 0 Å². The van der Waals surface area contributed by atoms with Crippen LogP contribution in [0.25, 0.3) is 11.1 Å². The lowest BCUT2D eigenvalue weighted by molar-refractivity contribution is -0.137. The number of hydrogen-bond acceptors (Lipinski definition) is 3. The maximum Gasteiger partial charge on any atom is 0.416 e. The maximum atomic E-state index is 13.2. The predicted octanol–water partition coefficient (Wildman–Crippen LogP) is 5.97. The van der Waals surface area contributed by atoms with Crippen LogP contribution in [0.5, 0.6) is 0 Å². The van der Waals surface area contributed by atoms with Crippen molar-refractivity contribution in [2.24, 2.45) is 0 Å². The van der Waals surface area contributed by atoms with E-state index in [4.69, 9.17) is 0 Å². The highest BCUT2D eigenvalue weighted by Gasteiger charge is 2.31. The van der Waals surface area contributed by atoms with Gasteiger partial charge < -0.3 is 5.11 Å². The third-order valence-electron chi connectivity index (χ3n) is 5.24. The Balaban J connectivity index is 1.87. The van der Waals surface area contributed by atoms with Crippen LogP contribution in [-0.4, -0.2) is 22.6 Å². The summed E-state index contributed by atoms with van der Waals surface area (Å²) in [5.74, 6) is -2.21. The zero-order valence-electron chi connectivity index (χ0n) is 16.9. The average molecular weight is 448 g/mol. The second-order valence-corrected chi connectivity index (χ2v) is 7.33. The molecule has 0 atom stereocenters. The molecular formula is C26H15F3O4. The predicted molar refractivity (Wildman–Crippen MR) is 115 cm³/mol. The summed E-state index contributed by atoms with van der Waals surface area (Å²) in [6.45, 7) is 0. The third kappa shape index (κ3) is 4.25. The van der Waals surface area contributed by atoms with Crippen LogP contribution >= 0.6 is 0 Å². The maximum absolute atomic E-state index is 13.2. The first-order valence-corrected chi connectivity index (χ1v) is 9.78. The second-order valence-electron chi connectivity index (χ2n) is 7.33. The van der Waals surface area contributed by atoms with Gasteiger partial charge in [0.15, 0.2) is 11.6 Å². The fourth-order valence-electron chi connectivity index (χ4n) is 3.60. The summed E-state index contributed by atoms with van der Waals surface area (Å²) < 4.78 is 38.7. The Morgan fingerprint density at radius 1 is 0.606 bits per heavy atom. The molecule has 0 saturated carbocycles. The van der Waals surface area contributed by atoms with Crippen LogP contribution in [0.3, 0.4) is 0 Å². The van der Waals surface area contributed by atoms with Crippen LogP contribution in [0.4, 0.5) is 13.2 Å². The Morgan fingerprint density at radius 3 is 1.73 bits per heavy atom. The Hall–Kier alpha value is -4.26. The van der Waals surface area contributed by atoms with Gasteiger partial charge in [-0.1, -0.05) is 54.6 Å². The molecular weight excluding hydrogens is 433 g/mol.